The van der Waals surface area contributed by atoms with E-state index in [1.807, 2.05) is 50.2 Å². The highest BCUT2D eigenvalue weighted by atomic mass is 16.5. The van der Waals surface area contributed by atoms with Gasteiger partial charge in [-0.15, -0.1) is 0 Å². The Morgan fingerprint density at radius 1 is 1.21 bits per heavy atom. The minimum absolute atomic E-state index is 0.143. The Hall–Kier alpha value is -2.79. The predicted molar refractivity (Wildman–Crippen MR) is 92.0 cm³/mol. The number of rotatable bonds is 3. The van der Waals surface area contributed by atoms with Crippen molar-refractivity contribution in [2.24, 2.45) is 0 Å². The Balaban J connectivity index is 2.04. The number of phenols is 1. The van der Waals surface area contributed by atoms with Crippen LogP contribution in [0.15, 0.2) is 42.2 Å². The molecule has 1 amide bonds. The quantitative estimate of drug-likeness (QED) is 0.879. The van der Waals surface area contributed by atoms with Gasteiger partial charge in [-0.25, -0.2) is 0 Å². The molecule has 1 aliphatic heterocycles. The number of carbonyl (C=O) groups excluding carboxylic acids is 1. The van der Waals surface area contributed by atoms with Gasteiger partial charge in [-0.2, -0.15) is 0 Å². The molecule has 2 aromatic carbocycles. The van der Waals surface area contributed by atoms with Crippen LogP contribution >= 0.6 is 0 Å². The second-order valence-corrected chi connectivity index (χ2v) is 5.73. The third-order valence-corrected chi connectivity index (χ3v) is 3.90. The van der Waals surface area contributed by atoms with Crippen molar-refractivity contribution in [3.63, 3.8) is 0 Å². The van der Waals surface area contributed by atoms with E-state index >= 15 is 0 Å². The second-order valence-electron chi connectivity index (χ2n) is 5.73. The summed E-state index contributed by atoms with van der Waals surface area (Å²) in [5.41, 5.74) is 2.97. The van der Waals surface area contributed by atoms with Crippen molar-refractivity contribution in [3.05, 3.63) is 58.8 Å². The fourth-order valence-electron chi connectivity index (χ4n) is 2.74. The number of hydrogen-bond donors (Lipinski definition) is 1. The minimum Gasteiger partial charge on any atom is -0.507 e. The fraction of sp³-hybridized carbons (Fsp3) is 0.211. The molecule has 1 heterocycles. The van der Waals surface area contributed by atoms with Gasteiger partial charge in [0, 0.05) is 7.11 Å². The van der Waals surface area contributed by atoms with Crippen LogP contribution in [0.3, 0.4) is 0 Å². The lowest BCUT2D eigenvalue weighted by Crippen LogP contribution is -2.38. The average molecular weight is 325 g/mol. The van der Waals surface area contributed by atoms with Crippen LogP contribution in [-0.2, 0) is 9.53 Å². The summed E-state index contributed by atoms with van der Waals surface area (Å²) < 4.78 is 10.9. The third-order valence-electron chi connectivity index (χ3n) is 3.90. The summed E-state index contributed by atoms with van der Waals surface area (Å²) in [5, 5.41) is 9.89. The lowest BCUT2D eigenvalue weighted by molar-refractivity contribution is -0.118. The number of carbonyl (C=O) groups is 1. The predicted octanol–water partition coefficient (Wildman–Crippen LogP) is 3.38. The van der Waals surface area contributed by atoms with Crippen LogP contribution in [0.5, 0.6) is 11.5 Å². The second kappa shape index (κ2) is 6.37. The van der Waals surface area contributed by atoms with Crippen LogP contribution in [0.1, 0.15) is 16.7 Å². The van der Waals surface area contributed by atoms with Gasteiger partial charge in [0.2, 0.25) is 0 Å². The van der Waals surface area contributed by atoms with E-state index in [0.717, 1.165) is 16.7 Å². The van der Waals surface area contributed by atoms with Gasteiger partial charge in [0.1, 0.15) is 12.5 Å². The van der Waals surface area contributed by atoms with Gasteiger partial charge >= 0.3 is 0 Å². The molecule has 0 unspecified atom stereocenters. The number of ether oxygens (including phenoxy) is 2. The van der Waals surface area contributed by atoms with Gasteiger partial charge in [-0.05, 0) is 60.9 Å². The first-order chi connectivity index (χ1) is 11.5. The van der Waals surface area contributed by atoms with Gasteiger partial charge in [0.15, 0.2) is 11.5 Å². The molecule has 5 heteroatoms. The molecule has 0 aromatic heterocycles. The van der Waals surface area contributed by atoms with Crippen molar-refractivity contribution in [3.8, 4) is 11.5 Å². The van der Waals surface area contributed by atoms with Crippen molar-refractivity contribution < 1.29 is 19.4 Å². The zero-order chi connectivity index (χ0) is 17.3. The van der Waals surface area contributed by atoms with E-state index in [1.165, 1.54) is 4.90 Å². The highest BCUT2D eigenvalue weighted by Gasteiger charge is 2.30. The fourth-order valence-corrected chi connectivity index (χ4v) is 2.74. The molecule has 0 bridgehead atoms. The number of nitrogens with zero attached hydrogens (tertiary/aromatic N) is 1. The Bertz CT molecular complexity index is 803. The van der Waals surface area contributed by atoms with Crippen LogP contribution < -0.4 is 9.64 Å². The van der Waals surface area contributed by atoms with Crippen LogP contribution in [0, 0.1) is 13.8 Å². The molecule has 0 saturated heterocycles. The molecule has 1 aliphatic rings. The standard InChI is InChI=1S/C19H19NO4/c1-12-8-14(9-13(2)18(12)21)10-17-19(22)20(11-23-3)15-6-4-5-7-16(15)24-17/h4-10,21H,11H2,1-3H3. The van der Waals surface area contributed by atoms with Crippen LogP contribution in [0.2, 0.25) is 0 Å². The molecule has 1 N–H and O–H groups in total. The summed E-state index contributed by atoms with van der Waals surface area (Å²) >= 11 is 0. The Morgan fingerprint density at radius 3 is 2.54 bits per heavy atom. The summed E-state index contributed by atoms with van der Waals surface area (Å²) in [6.45, 7) is 3.78. The summed E-state index contributed by atoms with van der Waals surface area (Å²) in [4.78, 5) is 14.3. The van der Waals surface area contributed by atoms with Gasteiger partial charge in [-0.3, -0.25) is 9.69 Å². The Kier molecular flexibility index (Phi) is 4.27. The zero-order valence-corrected chi connectivity index (χ0v) is 13.9. The molecule has 5 nitrogen and oxygen atoms in total. The highest BCUT2D eigenvalue weighted by molar-refractivity contribution is 6.09. The van der Waals surface area contributed by atoms with Crippen molar-refractivity contribution in [2.75, 3.05) is 18.7 Å². The molecule has 124 valence electrons. The number of aryl methyl sites for hydroxylation is 2. The number of anilines is 1. The number of amides is 1. The van der Waals surface area contributed by atoms with Crippen LogP contribution in [0.25, 0.3) is 6.08 Å². The van der Waals surface area contributed by atoms with Crippen molar-refractivity contribution in [2.45, 2.75) is 13.8 Å². The summed E-state index contributed by atoms with van der Waals surface area (Å²) in [6.07, 6.45) is 1.68. The van der Waals surface area contributed by atoms with E-state index in [2.05, 4.69) is 0 Å². The molecule has 0 saturated carbocycles. The van der Waals surface area contributed by atoms with Crippen LogP contribution in [0.4, 0.5) is 5.69 Å². The first kappa shape index (κ1) is 16.1. The van der Waals surface area contributed by atoms with Crippen molar-refractivity contribution in [1.29, 1.82) is 0 Å². The topological polar surface area (TPSA) is 59.0 Å². The van der Waals surface area contributed by atoms with Gasteiger partial charge in [0.05, 0.1) is 5.69 Å². The SMILES string of the molecule is COCN1C(=O)C(=Cc2cc(C)c(O)c(C)c2)Oc2ccccc21. The first-order valence-corrected chi connectivity index (χ1v) is 7.61. The number of aromatic hydroxyl groups is 1. The molecule has 0 spiro atoms. The van der Waals surface area contributed by atoms with E-state index in [0.29, 0.717) is 11.4 Å². The number of benzene rings is 2. The van der Waals surface area contributed by atoms with Crippen LogP contribution in [-0.4, -0.2) is 24.9 Å². The molecule has 0 atom stereocenters. The molecule has 0 fully saturated rings. The molecular formula is C19H19NO4. The average Bonchev–Trinajstić information content (AvgIpc) is 2.56. The number of methoxy groups -OCH3 is 1. The molecule has 0 radical (unpaired) electrons. The normalized spacial score (nSPS) is 15.4. The lowest BCUT2D eigenvalue weighted by Gasteiger charge is -2.29. The van der Waals surface area contributed by atoms with E-state index in [9.17, 15) is 9.90 Å². The molecular weight excluding hydrogens is 306 g/mol. The highest BCUT2D eigenvalue weighted by Crippen LogP contribution is 2.35. The minimum atomic E-state index is -0.265. The maximum Gasteiger partial charge on any atom is 0.296 e. The number of fused-ring (bicyclic) bond motifs is 1. The van der Waals surface area contributed by atoms with E-state index in [4.69, 9.17) is 9.47 Å². The van der Waals surface area contributed by atoms with Gasteiger partial charge in [-0.1, -0.05) is 12.1 Å². The molecule has 3 rings (SSSR count). The number of para-hydroxylation sites is 2. The monoisotopic (exact) mass is 325 g/mol. The first-order valence-electron chi connectivity index (χ1n) is 7.61. The summed E-state index contributed by atoms with van der Waals surface area (Å²) in [6, 6.07) is 11.0. The van der Waals surface area contributed by atoms with Gasteiger partial charge in [0.25, 0.3) is 5.91 Å². The largest absolute Gasteiger partial charge is 0.507 e. The van der Waals surface area contributed by atoms with Gasteiger partial charge < -0.3 is 14.6 Å². The van der Waals surface area contributed by atoms with Crippen molar-refractivity contribution in [1.82, 2.24) is 0 Å². The van der Waals surface area contributed by atoms with E-state index in [1.54, 1.807) is 13.2 Å². The van der Waals surface area contributed by atoms with Crippen molar-refractivity contribution >= 4 is 17.7 Å². The van der Waals surface area contributed by atoms with E-state index in [-0.39, 0.29) is 24.1 Å². The molecule has 2 aromatic rings. The van der Waals surface area contributed by atoms with E-state index < -0.39 is 0 Å². The molecule has 0 aliphatic carbocycles. The summed E-state index contributed by atoms with van der Waals surface area (Å²) in [7, 11) is 1.54. The summed E-state index contributed by atoms with van der Waals surface area (Å²) in [5.74, 6) is 0.821. The zero-order valence-electron chi connectivity index (χ0n) is 13.9. The Labute approximate surface area is 140 Å². The maximum atomic E-state index is 12.7. The molecule has 24 heavy (non-hydrogen) atoms. The number of hydrogen-bond acceptors (Lipinski definition) is 4. The maximum absolute atomic E-state index is 12.7. The third kappa shape index (κ3) is 2.86. The number of phenolic OH excluding ortho intramolecular Hbond substituents is 1. The Morgan fingerprint density at radius 2 is 1.88 bits per heavy atom. The smallest absolute Gasteiger partial charge is 0.296 e. The lowest BCUT2D eigenvalue weighted by atomic mass is 10.0.